The second-order valence-corrected chi connectivity index (χ2v) is 3.70. The average molecular weight is 257 g/mol. The van der Waals surface area contributed by atoms with Crippen molar-refractivity contribution in [3.8, 4) is 0 Å². The van der Waals surface area contributed by atoms with Gasteiger partial charge in [0.1, 0.15) is 12.3 Å². The molecule has 0 fully saturated rings. The van der Waals surface area contributed by atoms with Crippen LogP contribution in [0.1, 0.15) is 19.0 Å². The first-order valence-electron chi connectivity index (χ1n) is 4.78. The zero-order chi connectivity index (χ0) is 12.2. The summed E-state index contributed by atoms with van der Waals surface area (Å²) in [6, 6.07) is 0. The molecule has 0 aliphatic carbocycles. The summed E-state index contributed by atoms with van der Waals surface area (Å²) in [5.74, 6) is 0. The van der Waals surface area contributed by atoms with Crippen LogP contribution in [0.25, 0.3) is 0 Å². The van der Waals surface area contributed by atoms with E-state index in [4.69, 9.17) is 11.6 Å². The summed E-state index contributed by atoms with van der Waals surface area (Å²) in [5, 5.41) is 4.34. The molecule has 0 saturated heterocycles. The topological polar surface area (TPSA) is 27.1 Å². The third kappa shape index (κ3) is 4.40. The number of hydrogen-bond acceptors (Lipinski definition) is 2. The van der Waals surface area contributed by atoms with Gasteiger partial charge in [-0.1, -0.05) is 18.5 Å². The maximum atomic E-state index is 11.8. The lowest BCUT2D eigenvalue weighted by atomic mass is 10.4. The second kappa shape index (κ2) is 5.54. The van der Waals surface area contributed by atoms with Crippen LogP contribution < -0.4 is 0 Å². The molecule has 3 nitrogen and oxygen atoms in total. The van der Waals surface area contributed by atoms with Crippen molar-refractivity contribution in [1.29, 1.82) is 0 Å². The van der Waals surface area contributed by atoms with E-state index in [9.17, 15) is 13.2 Å². The monoisotopic (exact) mass is 256 g/mol. The Balaban J connectivity index is 2.47. The van der Waals surface area contributed by atoms with Crippen LogP contribution in [0.15, 0.2) is 6.20 Å². The Kier molecular flexibility index (Phi) is 4.61. The maximum absolute atomic E-state index is 11.8. The molecule has 0 amide bonds. The van der Waals surface area contributed by atoms with Crippen LogP contribution in [0.5, 0.6) is 0 Å². The van der Waals surface area contributed by atoms with Gasteiger partial charge in [0.25, 0.3) is 0 Å². The summed E-state index contributed by atoms with van der Waals surface area (Å²) in [4.78, 5) is 0. The summed E-state index contributed by atoms with van der Waals surface area (Å²) in [6.07, 6.45) is -1.86. The Bertz CT molecular complexity index is 338. The van der Waals surface area contributed by atoms with Crippen molar-refractivity contribution in [2.75, 3.05) is 6.61 Å². The number of aromatic nitrogens is 2. The van der Waals surface area contributed by atoms with Crippen LogP contribution in [-0.2, 0) is 17.9 Å². The summed E-state index contributed by atoms with van der Waals surface area (Å²) >= 11 is 5.79. The zero-order valence-electron chi connectivity index (χ0n) is 8.72. The fourth-order valence-electron chi connectivity index (χ4n) is 1.14. The maximum Gasteiger partial charge on any atom is 0.411 e. The molecule has 0 aliphatic heterocycles. The third-order valence-corrected chi connectivity index (χ3v) is 2.06. The molecule has 0 atom stereocenters. The molecule has 0 bridgehead atoms. The number of nitrogens with zero attached hydrogens (tertiary/aromatic N) is 2. The minimum atomic E-state index is -4.32. The Hall–Kier alpha value is -0.750. The molecule has 0 radical (unpaired) electrons. The van der Waals surface area contributed by atoms with Gasteiger partial charge >= 0.3 is 6.18 Å². The lowest BCUT2D eigenvalue weighted by Gasteiger charge is -2.06. The van der Waals surface area contributed by atoms with Crippen molar-refractivity contribution in [1.82, 2.24) is 9.78 Å². The molecule has 0 N–H and O–H groups in total. The van der Waals surface area contributed by atoms with E-state index in [0.29, 0.717) is 17.3 Å². The lowest BCUT2D eigenvalue weighted by Crippen LogP contribution is -2.16. The molecule has 1 rings (SSSR count). The fraction of sp³-hybridized carbons (Fsp3) is 0.667. The standard InChI is InChI=1S/C9H12ClF3N2O/c1-2-3-15-4-7(10)8(14-15)5-16-6-9(11,12)13/h4H,2-3,5-6H2,1H3. The highest BCUT2D eigenvalue weighted by atomic mass is 35.5. The molecule has 1 aromatic heterocycles. The van der Waals surface area contributed by atoms with Gasteiger partial charge in [-0.15, -0.1) is 0 Å². The molecule has 0 aliphatic rings. The largest absolute Gasteiger partial charge is 0.411 e. The first-order valence-corrected chi connectivity index (χ1v) is 5.16. The van der Waals surface area contributed by atoms with Crippen LogP contribution in [-0.4, -0.2) is 22.6 Å². The van der Waals surface area contributed by atoms with E-state index in [1.165, 1.54) is 0 Å². The number of ether oxygens (including phenoxy) is 1. The summed E-state index contributed by atoms with van der Waals surface area (Å²) in [7, 11) is 0. The highest BCUT2D eigenvalue weighted by molar-refractivity contribution is 6.31. The molecule has 1 aromatic rings. The number of hydrogen-bond donors (Lipinski definition) is 0. The molecule has 0 unspecified atom stereocenters. The van der Waals surface area contributed by atoms with Crippen molar-refractivity contribution in [3.63, 3.8) is 0 Å². The van der Waals surface area contributed by atoms with Crippen LogP contribution >= 0.6 is 11.6 Å². The first kappa shape index (κ1) is 13.3. The average Bonchev–Trinajstić information content (AvgIpc) is 2.45. The van der Waals surface area contributed by atoms with Crippen LogP contribution in [0.2, 0.25) is 5.02 Å². The first-order chi connectivity index (χ1) is 7.42. The molecule has 1 heterocycles. The van der Waals surface area contributed by atoms with Gasteiger partial charge in [0.15, 0.2) is 0 Å². The Labute approximate surface area is 96.1 Å². The molecular weight excluding hydrogens is 245 g/mol. The molecule has 92 valence electrons. The Morgan fingerprint density at radius 3 is 2.75 bits per heavy atom. The fourth-order valence-corrected chi connectivity index (χ4v) is 1.35. The lowest BCUT2D eigenvalue weighted by molar-refractivity contribution is -0.176. The van der Waals surface area contributed by atoms with E-state index in [1.54, 1.807) is 10.9 Å². The van der Waals surface area contributed by atoms with Crippen LogP contribution in [0.4, 0.5) is 13.2 Å². The molecule has 0 saturated carbocycles. The van der Waals surface area contributed by atoms with Crippen molar-refractivity contribution in [2.24, 2.45) is 0 Å². The van der Waals surface area contributed by atoms with Gasteiger partial charge in [-0.25, -0.2) is 0 Å². The number of aryl methyl sites for hydroxylation is 1. The Morgan fingerprint density at radius 1 is 1.50 bits per heavy atom. The van der Waals surface area contributed by atoms with Gasteiger partial charge in [-0.05, 0) is 6.42 Å². The Morgan fingerprint density at radius 2 is 2.19 bits per heavy atom. The smallest absolute Gasteiger partial charge is 0.366 e. The number of rotatable bonds is 5. The second-order valence-electron chi connectivity index (χ2n) is 3.29. The van der Waals surface area contributed by atoms with Crippen molar-refractivity contribution < 1.29 is 17.9 Å². The predicted molar refractivity (Wildman–Crippen MR) is 53.2 cm³/mol. The number of halogens is 4. The van der Waals surface area contributed by atoms with Crippen LogP contribution in [0, 0.1) is 0 Å². The van der Waals surface area contributed by atoms with Crippen molar-refractivity contribution in [3.05, 3.63) is 16.9 Å². The summed E-state index contributed by atoms with van der Waals surface area (Å²) < 4.78 is 41.5. The third-order valence-electron chi connectivity index (χ3n) is 1.74. The number of alkyl halides is 3. The SMILES string of the molecule is CCCn1cc(Cl)c(COCC(F)(F)F)n1. The molecule has 0 spiro atoms. The van der Waals surface area contributed by atoms with Gasteiger partial charge in [-0.3, -0.25) is 4.68 Å². The minimum absolute atomic E-state index is 0.227. The predicted octanol–water partition coefficient (Wildman–Crippen LogP) is 3.03. The van der Waals surface area contributed by atoms with E-state index >= 15 is 0 Å². The van der Waals surface area contributed by atoms with E-state index in [0.717, 1.165) is 6.42 Å². The van der Waals surface area contributed by atoms with E-state index in [1.807, 2.05) is 6.92 Å². The van der Waals surface area contributed by atoms with Gasteiger partial charge in [0.2, 0.25) is 0 Å². The van der Waals surface area contributed by atoms with Gasteiger partial charge < -0.3 is 4.74 Å². The van der Waals surface area contributed by atoms with E-state index in [2.05, 4.69) is 9.84 Å². The molecule has 16 heavy (non-hydrogen) atoms. The van der Waals surface area contributed by atoms with Crippen molar-refractivity contribution in [2.45, 2.75) is 32.7 Å². The quantitative estimate of drug-likeness (QED) is 0.810. The highest BCUT2D eigenvalue weighted by Gasteiger charge is 2.27. The summed E-state index contributed by atoms with van der Waals surface area (Å²) in [5.41, 5.74) is 0.333. The zero-order valence-corrected chi connectivity index (χ0v) is 9.48. The van der Waals surface area contributed by atoms with Gasteiger partial charge in [-0.2, -0.15) is 18.3 Å². The van der Waals surface area contributed by atoms with Gasteiger partial charge in [0.05, 0.1) is 11.6 Å². The molecular formula is C9H12ClF3N2O. The van der Waals surface area contributed by atoms with E-state index in [-0.39, 0.29) is 6.61 Å². The minimum Gasteiger partial charge on any atom is -0.366 e. The molecule has 7 heteroatoms. The van der Waals surface area contributed by atoms with Gasteiger partial charge in [0, 0.05) is 12.7 Å². The normalized spacial score (nSPS) is 12.1. The van der Waals surface area contributed by atoms with Crippen LogP contribution in [0.3, 0.4) is 0 Å². The van der Waals surface area contributed by atoms with E-state index < -0.39 is 12.8 Å². The summed E-state index contributed by atoms with van der Waals surface area (Å²) in [6.45, 7) is 1.13. The molecule has 0 aromatic carbocycles. The van der Waals surface area contributed by atoms with Crippen molar-refractivity contribution >= 4 is 11.6 Å². The highest BCUT2D eigenvalue weighted by Crippen LogP contribution is 2.18.